The number of aryl methyl sites for hydroxylation is 2. The van der Waals surface area contributed by atoms with Crippen LogP contribution < -0.4 is 5.32 Å². The van der Waals surface area contributed by atoms with Crippen molar-refractivity contribution < 1.29 is 19.6 Å². The predicted octanol–water partition coefficient (Wildman–Crippen LogP) is 0.866. The zero-order chi connectivity index (χ0) is 16.3. The van der Waals surface area contributed by atoms with E-state index in [2.05, 4.69) is 10.4 Å². The summed E-state index contributed by atoms with van der Waals surface area (Å²) >= 11 is 0. The molecule has 9 nitrogen and oxygen atoms in total. The van der Waals surface area contributed by atoms with Crippen LogP contribution in [0, 0.1) is 23.0 Å². The molecule has 1 amide bonds. The molecule has 1 heterocycles. The van der Waals surface area contributed by atoms with Gasteiger partial charge in [0.1, 0.15) is 11.7 Å². The number of carbonyl (C=O) groups is 2. The molecule has 0 radical (unpaired) electrons. The van der Waals surface area contributed by atoms with Gasteiger partial charge in [-0.05, 0) is 12.8 Å². The Morgan fingerprint density at radius 1 is 1.52 bits per heavy atom. The molecule has 2 atom stereocenters. The highest BCUT2D eigenvalue weighted by Gasteiger charge is 2.33. The molecule has 0 aliphatic rings. The number of carbonyl (C=O) groups excluding carboxylic acids is 1. The molecule has 9 heteroatoms. The summed E-state index contributed by atoms with van der Waals surface area (Å²) in [6.07, 6.45) is 0.545. The van der Waals surface area contributed by atoms with Crippen molar-refractivity contribution in [1.82, 2.24) is 15.1 Å². The standard InChI is InChI=1S/C12H18N4O5/c1-5-6(2)8(12(18)19)13-11(17)10-9(16(20)21)7(3)14-15(10)4/h6,8H,5H2,1-4H3,(H,13,17)(H,18,19). The lowest BCUT2D eigenvalue weighted by molar-refractivity contribution is -0.385. The van der Waals surface area contributed by atoms with Crippen LogP contribution in [-0.4, -0.2) is 37.7 Å². The molecule has 2 N–H and O–H groups in total. The van der Waals surface area contributed by atoms with Gasteiger partial charge in [-0.1, -0.05) is 20.3 Å². The average Bonchev–Trinajstić information content (AvgIpc) is 2.69. The van der Waals surface area contributed by atoms with Gasteiger partial charge in [0.2, 0.25) is 5.69 Å². The van der Waals surface area contributed by atoms with Crippen molar-refractivity contribution in [1.29, 1.82) is 0 Å². The Hall–Kier alpha value is -2.45. The molecule has 0 saturated heterocycles. The molecule has 0 fully saturated rings. The van der Waals surface area contributed by atoms with Gasteiger partial charge in [0.15, 0.2) is 0 Å². The van der Waals surface area contributed by atoms with E-state index in [-0.39, 0.29) is 17.3 Å². The Labute approximate surface area is 121 Å². The number of nitro groups is 1. The number of hydrogen-bond donors (Lipinski definition) is 2. The first kappa shape index (κ1) is 16.6. The minimum atomic E-state index is -1.18. The van der Waals surface area contributed by atoms with Gasteiger partial charge in [0, 0.05) is 7.05 Å². The van der Waals surface area contributed by atoms with Gasteiger partial charge in [-0.2, -0.15) is 5.10 Å². The molecule has 116 valence electrons. The highest BCUT2D eigenvalue weighted by Crippen LogP contribution is 2.22. The van der Waals surface area contributed by atoms with Crippen LogP contribution in [0.5, 0.6) is 0 Å². The molecule has 0 aromatic carbocycles. The fraction of sp³-hybridized carbons (Fsp3) is 0.583. The molecule has 1 aromatic rings. The van der Waals surface area contributed by atoms with Gasteiger partial charge in [-0.3, -0.25) is 19.6 Å². The van der Waals surface area contributed by atoms with E-state index < -0.39 is 28.5 Å². The summed E-state index contributed by atoms with van der Waals surface area (Å²) in [7, 11) is 1.40. The maximum Gasteiger partial charge on any atom is 0.326 e. The van der Waals surface area contributed by atoms with Gasteiger partial charge in [-0.25, -0.2) is 4.79 Å². The largest absolute Gasteiger partial charge is 0.480 e. The van der Waals surface area contributed by atoms with Crippen molar-refractivity contribution >= 4 is 17.6 Å². The van der Waals surface area contributed by atoms with E-state index in [9.17, 15) is 19.7 Å². The van der Waals surface area contributed by atoms with Crippen molar-refractivity contribution in [2.24, 2.45) is 13.0 Å². The molecule has 1 rings (SSSR count). The molecular weight excluding hydrogens is 280 g/mol. The Kier molecular flexibility index (Phi) is 5.01. The molecule has 0 bridgehead atoms. The fourth-order valence-corrected chi connectivity index (χ4v) is 2.01. The fourth-order valence-electron chi connectivity index (χ4n) is 2.01. The van der Waals surface area contributed by atoms with Gasteiger partial charge < -0.3 is 10.4 Å². The molecule has 0 saturated carbocycles. The highest BCUT2D eigenvalue weighted by atomic mass is 16.6. The second kappa shape index (κ2) is 6.33. The van der Waals surface area contributed by atoms with Crippen molar-refractivity contribution in [2.75, 3.05) is 0 Å². The summed E-state index contributed by atoms with van der Waals surface area (Å²) in [5.41, 5.74) is -0.571. The first-order chi connectivity index (χ1) is 9.70. The summed E-state index contributed by atoms with van der Waals surface area (Å²) in [4.78, 5) is 33.7. The average molecular weight is 298 g/mol. The summed E-state index contributed by atoms with van der Waals surface area (Å²) in [5.74, 6) is -2.31. The molecule has 0 aliphatic carbocycles. The van der Waals surface area contributed by atoms with Gasteiger partial charge >= 0.3 is 11.7 Å². The maximum absolute atomic E-state index is 12.2. The summed E-state index contributed by atoms with van der Waals surface area (Å²) in [6, 6.07) is -1.11. The third-order valence-electron chi connectivity index (χ3n) is 3.35. The van der Waals surface area contributed by atoms with Crippen molar-refractivity contribution in [3.8, 4) is 0 Å². The molecule has 2 unspecified atom stereocenters. The van der Waals surface area contributed by atoms with Crippen LogP contribution in [0.1, 0.15) is 36.5 Å². The molecule has 0 aliphatic heterocycles. The second-order valence-corrected chi connectivity index (χ2v) is 4.84. The van der Waals surface area contributed by atoms with Crippen LogP contribution >= 0.6 is 0 Å². The second-order valence-electron chi connectivity index (χ2n) is 4.84. The lowest BCUT2D eigenvalue weighted by atomic mass is 9.99. The first-order valence-corrected chi connectivity index (χ1v) is 6.42. The van der Waals surface area contributed by atoms with Crippen molar-refractivity contribution in [3.05, 3.63) is 21.5 Å². The lowest BCUT2D eigenvalue weighted by Gasteiger charge is -2.19. The minimum absolute atomic E-state index is 0.100. The monoisotopic (exact) mass is 298 g/mol. The molecular formula is C12H18N4O5. The zero-order valence-electron chi connectivity index (χ0n) is 12.3. The summed E-state index contributed by atoms with van der Waals surface area (Å²) in [6.45, 7) is 4.89. The maximum atomic E-state index is 12.2. The lowest BCUT2D eigenvalue weighted by Crippen LogP contribution is -2.45. The summed E-state index contributed by atoms with van der Waals surface area (Å²) < 4.78 is 1.08. The van der Waals surface area contributed by atoms with Crippen molar-refractivity contribution in [3.63, 3.8) is 0 Å². The van der Waals surface area contributed by atoms with E-state index in [4.69, 9.17) is 5.11 Å². The third kappa shape index (κ3) is 3.36. The minimum Gasteiger partial charge on any atom is -0.480 e. The number of hydrogen-bond acceptors (Lipinski definition) is 5. The van der Waals surface area contributed by atoms with Crippen LogP contribution in [0.4, 0.5) is 5.69 Å². The van der Waals surface area contributed by atoms with Crippen LogP contribution in [0.25, 0.3) is 0 Å². The van der Waals surface area contributed by atoms with Crippen LogP contribution in [0.15, 0.2) is 0 Å². The summed E-state index contributed by atoms with van der Waals surface area (Å²) in [5, 5.41) is 26.3. The van der Waals surface area contributed by atoms with E-state index in [0.717, 1.165) is 4.68 Å². The molecule has 0 spiro atoms. The number of aliphatic carboxylic acids is 1. The van der Waals surface area contributed by atoms with Crippen LogP contribution in [-0.2, 0) is 11.8 Å². The Bertz CT molecular complexity index is 580. The first-order valence-electron chi connectivity index (χ1n) is 6.42. The molecule has 21 heavy (non-hydrogen) atoms. The number of nitrogens with one attached hydrogen (secondary N) is 1. The zero-order valence-corrected chi connectivity index (χ0v) is 12.3. The number of nitrogens with zero attached hydrogens (tertiary/aromatic N) is 3. The topological polar surface area (TPSA) is 127 Å². The van der Waals surface area contributed by atoms with Gasteiger partial charge in [0.05, 0.1) is 4.92 Å². The Morgan fingerprint density at radius 2 is 2.10 bits per heavy atom. The van der Waals surface area contributed by atoms with Gasteiger partial charge in [-0.15, -0.1) is 0 Å². The number of aromatic nitrogens is 2. The van der Waals surface area contributed by atoms with Gasteiger partial charge in [0.25, 0.3) is 5.91 Å². The van der Waals surface area contributed by atoms with Crippen LogP contribution in [0.3, 0.4) is 0 Å². The van der Waals surface area contributed by atoms with E-state index in [1.165, 1.54) is 14.0 Å². The number of rotatable bonds is 6. The van der Waals surface area contributed by atoms with Crippen LogP contribution in [0.2, 0.25) is 0 Å². The van der Waals surface area contributed by atoms with E-state index >= 15 is 0 Å². The quantitative estimate of drug-likeness (QED) is 0.592. The van der Waals surface area contributed by atoms with Crippen molar-refractivity contribution in [2.45, 2.75) is 33.2 Å². The highest BCUT2D eigenvalue weighted by molar-refractivity contribution is 5.98. The number of carboxylic acid groups (broad SMARTS) is 1. The van der Waals surface area contributed by atoms with E-state index in [1.54, 1.807) is 13.8 Å². The van der Waals surface area contributed by atoms with E-state index in [0.29, 0.717) is 6.42 Å². The SMILES string of the molecule is CCC(C)C(NC(=O)c1c([N+](=O)[O-])c(C)nn1C)C(=O)O. The molecule has 1 aromatic heterocycles. The predicted molar refractivity (Wildman–Crippen MR) is 72.9 cm³/mol. The number of carboxylic acids is 1. The smallest absolute Gasteiger partial charge is 0.326 e. The Balaban J connectivity index is 3.15. The third-order valence-corrected chi connectivity index (χ3v) is 3.35. The number of amides is 1. The van der Waals surface area contributed by atoms with E-state index in [1.807, 2.05) is 0 Å². The Morgan fingerprint density at radius 3 is 2.52 bits per heavy atom. The normalized spacial score (nSPS) is 13.5.